The van der Waals surface area contributed by atoms with Crippen LogP contribution in [-0.4, -0.2) is 45.5 Å². The quantitative estimate of drug-likeness (QED) is 0.681. The number of rotatable bonds is 3. The molecule has 2 aromatic rings. The molecule has 3 amide bonds. The minimum absolute atomic E-state index is 0.0344. The maximum atomic E-state index is 14.9. The highest BCUT2D eigenvalue weighted by Gasteiger charge is 2.32. The summed E-state index contributed by atoms with van der Waals surface area (Å²) in [7, 11) is 0. The molecule has 2 aliphatic heterocycles. The van der Waals surface area contributed by atoms with E-state index in [1.807, 2.05) is 24.3 Å². The standard InChI is InChI=1S/C24H24F3N3O3/c1-24(2,33)22(31)29-9-7-14(8-10-29)19-17(25)11-18(20(26)21(19)27)28-23(32)30-12-15-5-3-4-6-16(15)13-30/h3-7,11,33H,8-10,12-13H2,1-2H3,(H,28,32). The van der Waals surface area contributed by atoms with Crippen LogP contribution in [0, 0.1) is 17.5 Å². The van der Waals surface area contributed by atoms with Crippen LogP contribution in [0.5, 0.6) is 0 Å². The van der Waals surface area contributed by atoms with Gasteiger partial charge in [0.25, 0.3) is 5.91 Å². The number of aliphatic hydroxyl groups is 1. The minimum Gasteiger partial charge on any atom is -0.381 e. The summed E-state index contributed by atoms with van der Waals surface area (Å²) in [5, 5.41) is 12.1. The van der Waals surface area contributed by atoms with Gasteiger partial charge in [-0.25, -0.2) is 18.0 Å². The van der Waals surface area contributed by atoms with Crippen molar-refractivity contribution in [2.45, 2.75) is 39.0 Å². The lowest BCUT2D eigenvalue weighted by Crippen LogP contribution is -2.46. The van der Waals surface area contributed by atoms with Crippen LogP contribution in [0.3, 0.4) is 0 Å². The van der Waals surface area contributed by atoms with Gasteiger partial charge in [0.15, 0.2) is 11.6 Å². The van der Waals surface area contributed by atoms with Crippen LogP contribution >= 0.6 is 0 Å². The van der Waals surface area contributed by atoms with Gasteiger partial charge in [-0.2, -0.15) is 0 Å². The first kappa shape index (κ1) is 22.8. The van der Waals surface area contributed by atoms with E-state index >= 15 is 0 Å². The maximum absolute atomic E-state index is 14.9. The molecule has 0 saturated carbocycles. The molecule has 174 valence electrons. The van der Waals surface area contributed by atoms with Crippen molar-refractivity contribution < 1.29 is 27.9 Å². The van der Waals surface area contributed by atoms with Gasteiger partial charge < -0.3 is 20.2 Å². The van der Waals surface area contributed by atoms with Crippen LogP contribution in [0.4, 0.5) is 23.7 Å². The number of amides is 3. The first-order valence-corrected chi connectivity index (χ1v) is 10.6. The zero-order valence-electron chi connectivity index (χ0n) is 18.3. The molecule has 2 aromatic carbocycles. The Labute approximate surface area is 189 Å². The lowest BCUT2D eigenvalue weighted by atomic mass is 9.96. The van der Waals surface area contributed by atoms with E-state index in [9.17, 15) is 27.9 Å². The highest BCUT2D eigenvalue weighted by Crippen LogP contribution is 2.33. The van der Waals surface area contributed by atoms with Gasteiger partial charge in [0.05, 0.1) is 11.3 Å². The van der Waals surface area contributed by atoms with E-state index in [1.165, 1.54) is 29.7 Å². The van der Waals surface area contributed by atoms with Gasteiger partial charge in [0.2, 0.25) is 0 Å². The predicted molar refractivity (Wildman–Crippen MR) is 116 cm³/mol. The lowest BCUT2D eigenvalue weighted by Gasteiger charge is -2.31. The number of nitrogens with one attached hydrogen (secondary N) is 1. The Hall–Kier alpha value is -3.33. The topological polar surface area (TPSA) is 72.9 Å². The lowest BCUT2D eigenvalue weighted by molar-refractivity contribution is -0.147. The second kappa shape index (κ2) is 8.55. The number of carbonyl (C=O) groups excluding carboxylic acids is 2. The van der Waals surface area contributed by atoms with Gasteiger partial charge in [-0.05, 0) is 37.0 Å². The number of fused-ring (bicyclic) bond motifs is 1. The number of carbonyl (C=O) groups is 2. The molecule has 0 aromatic heterocycles. The fourth-order valence-corrected chi connectivity index (χ4v) is 4.12. The van der Waals surface area contributed by atoms with E-state index in [0.717, 1.165) is 17.2 Å². The van der Waals surface area contributed by atoms with E-state index in [-0.39, 0.29) is 25.1 Å². The minimum atomic E-state index is -1.56. The van der Waals surface area contributed by atoms with E-state index in [4.69, 9.17) is 0 Å². The molecule has 6 nitrogen and oxygen atoms in total. The van der Waals surface area contributed by atoms with Crippen molar-refractivity contribution in [3.8, 4) is 0 Å². The molecule has 0 fully saturated rings. The van der Waals surface area contributed by atoms with Crippen molar-refractivity contribution in [1.29, 1.82) is 0 Å². The molecule has 0 atom stereocenters. The molecule has 2 aliphatic rings. The van der Waals surface area contributed by atoms with Crippen LogP contribution in [0.1, 0.15) is 37.0 Å². The number of hydrogen-bond donors (Lipinski definition) is 2. The second-order valence-corrected chi connectivity index (χ2v) is 8.75. The number of halogens is 3. The van der Waals surface area contributed by atoms with Gasteiger partial charge in [-0.15, -0.1) is 0 Å². The third-order valence-corrected chi connectivity index (χ3v) is 5.87. The SMILES string of the molecule is CC(C)(O)C(=O)N1CC=C(c2c(F)cc(NC(=O)N3Cc4ccccc4C3)c(F)c2F)CC1. The van der Waals surface area contributed by atoms with Crippen molar-refractivity contribution in [2.24, 2.45) is 0 Å². The van der Waals surface area contributed by atoms with Crippen molar-refractivity contribution in [1.82, 2.24) is 9.80 Å². The van der Waals surface area contributed by atoms with E-state index < -0.39 is 46.2 Å². The average Bonchev–Trinajstić information content (AvgIpc) is 3.21. The Bertz CT molecular complexity index is 1130. The van der Waals surface area contributed by atoms with Crippen LogP contribution < -0.4 is 5.32 Å². The highest BCUT2D eigenvalue weighted by atomic mass is 19.2. The van der Waals surface area contributed by atoms with E-state index in [2.05, 4.69) is 5.32 Å². The van der Waals surface area contributed by atoms with Gasteiger partial charge in [0, 0.05) is 32.2 Å². The van der Waals surface area contributed by atoms with Gasteiger partial charge >= 0.3 is 6.03 Å². The maximum Gasteiger partial charge on any atom is 0.322 e. The summed E-state index contributed by atoms with van der Waals surface area (Å²) in [4.78, 5) is 27.5. The van der Waals surface area contributed by atoms with Crippen molar-refractivity contribution in [2.75, 3.05) is 18.4 Å². The summed E-state index contributed by atoms with van der Waals surface area (Å²) in [6, 6.07) is 7.57. The van der Waals surface area contributed by atoms with E-state index in [0.29, 0.717) is 13.1 Å². The average molecular weight is 459 g/mol. The molecule has 0 radical (unpaired) electrons. The zero-order chi connectivity index (χ0) is 23.9. The van der Waals surface area contributed by atoms with Gasteiger partial charge in [-0.3, -0.25) is 4.79 Å². The summed E-state index contributed by atoms with van der Waals surface area (Å²) in [5.74, 6) is -4.27. The Balaban J connectivity index is 1.51. The Morgan fingerprint density at radius 1 is 1.03 bits per heavy atom. The summed E-state index contributed by atoms with van der Waals surface area (Å²) in [6.45, 7) is 3.52. The molecule has 0 aliphatic carbocycles. The fraction of sp³-hybridized carbons (Fsp3) is 0.333. The Morgan fingerprint density at radius 2 is 1.67 bits per heavy atom. The van der Waals surface area contributed by atoms with Crippen molar-refractivity contribution in [3.05, 3.63) is 70.5 Å². The normalized spacial score (nSPS) is 15.9. The largest absolute Gasteiger partial charge is 0.381 e. The number of benzene rings is 2. The van der Waals surface area contributed by atoms with Crippen LogP contribution in [0.15, 0.2) is 36.4 Å². The van der Waals surface area contributed by atoms with Crippen LogP contribution in [-0.2, 0) is 17.9 Å². The molecule has 33 heavy (non-hydrogen) atoms. The first-order chi connectivity index (χ1) is 15.6. The monoisotopic (exact) mass is 459 g/mol. The molecular formula is C24H24F3N3O3. The van der Waals surface area contributed by atoms with Crippen LogP contribution in [0.25, 0.3) is 5.57 Å². The second-order valence-electron chi connectivity index (χ2n) is 8.75. The van der Waals surface area contributed by atoms with Gasteiger partial charge in [0.1, 0.15) is 11.4 Å². The molecule has 4 rings (SSSR count). The Morgan fingerprint density at radius 3 is 2.21 bits per heavy atom. The molecular weight excluding hydrogens is 435 g/mol. The third-order valence-electron chi connectivity index (χ3n) is 5.87. The van der Waals surface area contributed by atoms with Crippen LogP contribution in [0.2, 0.25) is 0 Å². The summed E-state index contributed by atoms with van der Waals surface area (Å²) in [5.41, 5.74) is -0.523. The number of urea groups is 1. The van der Waals surface area contributed by atoms with Gasteiger partial charge in [-0.1, -0.05) is 30.3 Å². The predicted octanol–water partition coefficient (Wildman–Crippen LogP) is 4.04. The summed E-state index contributed by atoms with van der Waals surface area (Å²) in [6.07, 6.45) is 1.53. The summed E-state index contributed by atoms with van der Waals surface area (Å²) >= 11 is 0. The fourth-order valence-electron chi connectivity index (χ4n) is 4.12. The van der Waals surface area contributed by atoms with E-state index in [1.54, 1.807) is 0 Å². The van der Waals surface area contributed by atoms with Crippen molar-refractivity contribution in [3.63, 3.8) is 0 Å². The molecule has 0 bridgehead atoms. The highest BCUT2D eigenvalue weighted by molar-refractivity contribution is 5.90. The summed E-state index contributed by atoms with van der Waals surface area (Å²) < 4.78 is 44.5. The Kier molecular flexibility index (Phi) is 5.92. The molecule has 0 saturated heterocycles. The molecule has 0 spiro atoms. The molecule has 9 heteroatoms. The first-order valence-electron chi connectivity index (χ1n) is 10.6. The number of anilines is 1. The number of hydrogen-bond acceptors (Lipinski definition) is 3. The van der Waals surface area contributed by atoms with Crippen molar-refractivity contribution >= 4 is 23.2 Å². The number of nitrogens with zero attached hydrogens (tertiary/aromatic N) is 2. The zero-order valence-corrected chi connectivity index (χ0v) is 18.3. The molecule has 2 heterocycles. The third kappa shape index (κ3) is 4.45. The molecule has 0 unspecified atom stereocenters. The molecule has 2 N–H and O–H groups in total. The smallest absolute Gasteiger partial charge is 0.322 e.